The standard InChI is InChI=1S/C18H31N3O2/c1-14(2)16(13-21-17(22)23-18(3,4)5)12-20-10-8-15-7-6-9-19-11-15/h6-7,9,11,14,16,20H,8,10,12-13H2,1-5H3,(H,21,22). The predicted molar refractivity (Wildman–Crippen MR) is 93.4 cm³/mol. The Bertz CT molecular complexity index is 455. The van der Waals surface area contributed by atoms with E-state index >= 15 is 0 Å². The molecule has 1 atom stereocenters. The van der Waals surface area contributed by atoms with Crippen LogP contribution in [0.15, 0.2) is 24.5 Å². The summed E-state index contributed by atoms with van der Waals surface area (Å²) in [6, 6.07) is 4.04. The minimum absolute atomic E-state index is 0.349. The van der Waals surface area contributed by atoms with Gasteiger partial charge in [-0.15, -0.1) is 0 Å². The molecule has 0 bridgehead atoms. The Balaban J connectivity index is 2.28. The number of hydrogen-bond acceptors (Lipinski definition) is 4. The average Bonchev–Trinajstić information content (AvgIpc) is 2.45. The van der Waals surface area contributed by atoms with Crippen molar-refractivity contribution in [2.45, 2.75) is 46.6 Å². The first kappa shape index (κ1) is 19.4. The van der Waals surface area contributed by atoms with Crippen LogP contribution in [0.2, 0.25) is 0 Å². The summed E-state index contributed by atoms with van der Waals surface area (Å²) in [5.41, 5.74) is 0.771. The Morgan fingerprint density at radius 3 is 2.61 bits per heavy atom. The molecule has 2 N–H and O–H groups in total. The first-order valence-corrected chi connectivity index (χ1v) is 8.34. The molecule has 0 saturated heterocycles. The SMILES string of the molecule is CC(C)C(CNCCc1cccnc1)CNC(=O)OC(C)(C)C. The van der Waals surface area contributed by atoms with Crippen molar-refractivity contribution >= 4 is 6.09 Å². The van der Waals surface area contributed by atoms with Crippen LogP contribution in [0.1, 0.15) is 40.2 Å². The zero-order valence-electron chi connectivity index (χ0n) is 15.1. The highest BCUT2D eigenvalue weighted by Crippen LogP contribution is 2.10. The lowest BCUT2D eigenvalue weighted by atomic mass is 9.95. The summed E-state index contributed by atoms with van der Waals surface area (Å²) in [5, 5.41) is 6.34. The van der Waals surface area contributed by atoms with E-state index in [1.807, 2.05) is 33.0 Å². The molecule has 1 amide bonds. The lowest BCUT2D eigenvalue weighted by molar-refractivity contribution is 0.0515. The largest absolute Gasteiger partial charge is 0.444 e. The van der Waals surface area contributed by atoms with E-state index in [1.54, 1.807) is 6.20 Å². The normalized spacial score (nSPS) is 13.0. The van der Waals surface area contributed by atoms with Crippen LogP contribution in [0.3, 0.4) is 0 Å². The molecule has 0 radical (unpaired) electrons. The molecule has 0 aromatic carbocycles. The maximum absolute atomic E-state index is 11.7. The van der Waals surface area contributed by atoms with Crippen molar-refractivity contribution in [1.82, 2.24) is 15.6 Å². The van der Waals surface area contributed by atoms with Crippen molar-refractivity contribution in [1.29, 1.82) is 0 Å². The van der Waals surface area contributed by atoms with E-state index in [4.69, 9.17) is 4.74 Å². The maximum Gasteiger partial charge on any atom is 0.407 e. The number of ether oxygens (including phenoxy) is 1. The topological polar surface area (TPSA) is 63.2 Å². The van der Waals surface area contributed by atoms with Gasteiger partial charge in [-0.2, -0.15) is 0 Å². The van der Waals surface area contributed by atoms with Crippen LogP contribution in [0.4, 0.5) is 4.79 Å². The van der Waals surface area contributed by atoms with Gasteiger partial charge < -0.3 is 15.4 Å². The van der Waals surface area contributed by atoms with Crippen LogP contribution >= 0.6 is 0 Å². The number of amides is 1. The number of hydrogen-bond donors (Lipinski definition) is 2. The summed E-state index contributed by atoms with van der Waals surface area (Å²) < 4.78 is 5.27. The van der Waals surface area contributed by atoms with E-state index in [9.17, 15) is 4.79 Å². The highest BCUT2D eigenvalue weighted by atomic mass is 16.6. The Morgan fingerprint density at radius 2 is 2.04 bits per heavy atom. The van der Waals surface area contributed by atoms with Gasteiger partial charge in [-0.05, 0) is 63.7 Å². The Labute approximate surface area is 140 Å². The minimum Gasteiger partial charge on any atom is -0.444 e. The molecule has 1 unspecified atom stereocenters. The van der Waals surface area contributed by atoms with Crippen molar-refractivity contribution in [2.24, 2.45) is 11.8 Å². The molecular weight excluding hydrogens is 290 g/mol. The molecule has 0 aliphatic rings. The Kier molecular flexibility index (Phi) is 8.03. The molecule has 5 heteroatoms. The molecule has 23 heavy (non-hydrogen) atoms. The molecule has 0 saturated carbocycles. The van der Waals surface area contributed by atoms with Crippen molar-refractivity contribution in [2.75, 3.05) is 19.6 Å². The van der Waals surface area contributed by atoms with Crippen molar-refractivity contribution in [3.8, 4) is 0 Å². The second-order valence-electron chi connectivity index (χ2n) is 7.20. The molecule has 0 fully saturated rings. The first-order chi connectivity index (χ1) is 10.8. The van der Waals surface area contributed by atoms with E-state index < -0.39 is 5.60 Å². The molecular formula is C18H31N3O2. The van der Waals surface area contributed by atoms with Gasteiger partial charge in [-0.25, -0.2) is 4.79 Å². The summed E-state index contributed by atoms with van der Waals surface area (Å²) >= 11 is 0. The van der Waals surface area contributed by atoms with Gasteiger partial charge in [0.15, 0.2) is 0 Å². The summed E-state index contributed by atoms with van der Waals surface area (Å²) in [5.74, 6) is 0.854. The van der Waals surface area contributed by atoms with Crippen LogP contribution in [-0.4, -0.2) is 36.3 Å². The highest BCUT2D eigenvalue weighted by molar-refractivity contribution is 5.67. The van der Waals surface area contributed by atoms with Crippen LogP contribution in [0.5, 0.6) is 0 Å². The average molecular weight is 321 g/mol. The first-order valence-electron chi connectivity index (χ1n) is 8.34. The Morgan fingerprint density at radius 1 is 1.30 bits per heavy atom. The summed E-state index contributed by atoms with van der Waals surface area (Å²) in [6.07, 6.45) is 4.29. The highest BCUT2D eigenvalue weighted by Gasteiger charge is 2.18. The zero-order chi connectivity index (χ0) is 17.3. The number of nitrogens with zero attached hydrogens (tertiary/aromatic N) is 1. The lowest BCUT2D eigenvalue weighted by Gasteiger charge is -2.24. The fraction of sp³-hybridized carbons (Fsp3) is 0.667. The fourth-order valence-electron chi connectivity index (χ4n) is 2.14. The van der Waals surface area contributed by atoms with Gasteiger partial charge in [0.25, 0.3) is 0 Å². The molecule has 0 spiro atoms. The maximum atomic E-state index is 11.7. The molecule has 0 aliphatic heterocycles. The van der Waals surface area contributed by atoms with Crippen LogP contribution in [0.25, 0.3) is 0 Å². The Hall–Kier alpha value is -1.62. The van der Waals surface area contributed by atoms with Crippen molar-refractivity contribution < 1.29 is 9.53 Å². The zero-order valence-corrected chi connectivity index (χ0v) is 15.1. The fourth-order valence-corrected chi connectivity index (χ4v) is 2.14. The summed E-state index contributed by atoms with van der Waals surface area (Å²) in [6.45, 7) is 12.3. The summed E-state index contributed by atoms with van der Waals surface area (Å²) in [4.78, 5) is 15.9. The molecule has 1 heterocycles. The number of alkyl carbamates (subject to hydrolysis) is 1. The lowest BCUT2D eigenvalue weighted by Crippen LogP contribution is -2.39. The predicted octanol–water partition coefficient (Wildman–Crippen LogP) is 3.01. The third kappa shape index (κ3) is 9.18. The van der Waals surface area contributed by atoms with Crippen molar-refractivity contribution in [3.63, 3.8) is 0 Å². The number of carbonyl (C=O) groups is 1. The van der Waals surface area contributed by atoms with Crippen molar-refractivity contribution in [3.05, 3.63) is 30.1 Å². The molecule has 5 nitrogen and oxygen atoms in total. The van der Waals surface area contributed by atoms with Crippen LogP contribution in [-0.2, 0) is 11.2 Å². The number of nitrogens with one attached hydrogen (secondary N) is 2. The van der Waals surface area contributed by atoms with E-state index in [-0.39, 0.29) is 6.09 Å². The number of aromatic nitrogens is 1. The van der Waals surface area contributed by atoms with Crippen LogP contribution < -0.4 is 10.6 Å². The number of pyridine rings is 1. The second kappa shape index (κ2) is 9.50. The van der Waals surface area contributed by atoms with E-state index in [1.165, 1.54) is 5.56 Å². The minimum atomic E-state index is -0.459. The molecule has 1 aromatic rings. The molecule has 1 rings (SSSR count). The van der Waals surface area contributed by atoms with Gasteiger partial charge in [-0.1, -0.05) is 19.9 Å². The van der Waals surface area contributed by atoms with E-state index in [2.05, 4.69) is 35.5 Å². The quantitative estimate of drug-likeness (QED) is 0.723. The summed E-state index contributed by atoms with van der Waals surface area (Å²) in [7, 11) is 0. The number of rotatable bonds is 8. The molecule has 1 aromatic heterocycles. The van der Waals surface area contributed by atoms with Crippen LogP contribution in [0, 0.1) is 11.8 Å². The monoisotopic (exact) mass is 321 g/mol. The smallest absolute Gasteiger partial charge is 0.407 e. The van der Waals surface area contributed by atoms with E-state index in [0.29, 0.717) is 18.4 Å². The molecule has 0 aliphatic carbocycles. The van der Waals surface area contributed by atoms with Gasteiger partial charge in [0.05, 0.1) is 0 Å². The van der Waals surface area contributed by atoms with Gasteiger partial charge >= 0.3 is 6.09 Å². The molecule has 130 valence electrons. The van der Waals surface area contributed by atoms with Gasteiger partial charge in [0.2, 0.25) is 0 Å². The van der Waals surface area contributed by atoms with E-state index in [0.717, 1.165) is 19.5 Å². The van der Waals surface area contributed by atoms with Gasteiger partial charge in [-0.3, -0.25) is 4.98 Å². The third-order valence-corrected chi connectivity index (χ3v) is 3.57. The number of carbonyl (C=O) groups excluding carboxylic acids is 1. The third-order valence-electron chi connectivity index (χ3n) is 3.57. The second-order valence-corrected chi connectivity index (χ2v) is 7.20. The van der Waals surface area contributed by atoms with Gasteiger partial charge in [0.1, 0.15) is 5.60 Å². The van der Waals surface area contributed by atoms with Gasteiger partial charge in [0, 0.05) is 18.9 Å².